The normalized spacial score (nSPS) is 10.4. The van der Waals surface area contributed by atoms with Crippen molar-refractivity contribution in [3.8, 4) is 5.75 Å². The minimum atomic E-state index is -0.859. The minimum Gasteiger partial charge on any atom is -0.496 e. The molecule has 2 rings (SSSR count). The smallest absolute Gasteiger partial charge is 0.307 e. The van der Waals surface area contributed by atoms with Gasteiger partial charge in [0.25, 0.3) is 0 Å². The summed E-state index contributed by atoms with van der Waals surface area (Å²) in [5.41, 5.74) is 2.00. The Morgan fingerprint density at radius 2 is 1.81 bits per heavy atom. The van der Waals surface area contributed by atoms with Crippen LogP contribution in [0.25, 0.3) is 0 Å². The highest BCUT2D eigenvalue weighted by atomic mass is 32.2. The summed E-state index contributed by atoms with van der Waals surface area (Å²) in [5, 5.41) is 8.96. The summed E-state index contributed by atoms with van der Waals surface area (Å²) in [5.74, 6) is -0.245. The number of ether oxygens (including phenoxy) is 1. The Balaban J connectivity index is 2.20. The molecule has 0 aliphatic carbocycles. The maximum absolute atomic E-state index is 10.9. The Labute approximate surface area is 129 Å². The zero-order valence-electron chi connectivity index (χ0n) is 12.1. The lowest BCUT2D eigenvalue weighted by atomic mass is 10.1. The third-order valence-electron chi connectivity index (χ3n) is 3.16. The zero-order chi connectivity index (χ0) is 15.2. The molecule has 0 fully saturated rings. The molecule has 2 aromatic rings. The molecule has 0 unspecified atom stereocenters. The fraction of sp³-hybridized carbons (Fsp3) is 0.235. The Hall–Kier alpha value is -1.94. The Morgan fingerprint density at radius 1 is 1.14 bits per heavy atom. The summed E-state index contributed by atoms with van der Waals surface area (Å²) in [6.07, 6.45) is 0.989. The van der Waals surface area contributed by atoms with Crippen LogP contribution in [-0.4, -0.2) is 18.2 Å². The number of benzene rings is 2. The second kappa shape index (κ2) is 7.18. The molecule has 0 spiro atoms. The molecule has 110 valence electrons. The number of rotatable bonds is 6. The lowest BCUT2D eigenvalue weighted by Gasteiger charge is -2.09. The van der Waals surface area contributed by atoms with Gasteiger partial charge in [0, 0.05) is 15.4 Å². The number of aryl methyl sites for hydroxylation is 1. The Morgan fingerprint density at radius 3 is 2.38 bits per heavy atom. The molecule has 0 atom stereocenters. The number of carboxylic acid groups (broad SMARTS) is 1. The molecule has 4 heteroatoms. The molecule has 0 radical (unpaired) electrons. The molecule has 0 saturated carbocycles. The molecule has 21 heavy (non-hydrogen) atoms. The molecule has 2 aromatic carbocycles. The molecule has 1 N–H and O–H groups in total. The van der Waals surface area contributed by atoms with E-state index in [4.69, 9.17) is 9.84 Å². The summed E-state index contributed by atoms with van der Waals surface area (Å²) in [6.45, 7) is 2.13. The van der Waals surface area contributed by atoms with Crippen molar-refractivity contribution >= 4 is 17.7 Å². The number of carbonyl (C=O) groups is 1. The summed E-state index contributed by atoms with van der Waals surface area (Å²) < 4.78 is 5.21. The fourth-order valence-corrected chi connectivity index (χ4v) is 2.93. The van der Waals surface area contributed by atoms with Crippen LogP contribution in [0.3, 0.4) is 0 Å². The minimum absolute atomic E-state index is 0.0354. The van der Waals surface area contributed by atoms with Crippen LogP contribution in [0.2, 0.25) is 0 Å². The van der Waals surface area contributed by atoms with Crippen molar-refractivity contribution < 1.29 is 14.6 Å². The van der Waals surface area contributed by atoms with Crippen LogP contribution >= 0.6 is 11.8 Å². The predicted molar refractivity (Wildman–Crippen MR) is 84.3 cm³/mol. The fourth-order valence-electron chi connectivity index (χ4n) is 2.05. The van der Waals surface area contributed by atoms with Crippen LogP contribution in [0.1, 0.15) is 18.1 Å². The second-order valence-corrected chi connectivity index (χ2v) is 5.79. The standard InChI is InChI=1S/C17H18O3S/c1-3-12-4-6-14(7-5-12)21-15-8-9-16(20-2)13(10-15)11-17(18)19/h4-10H,3,11H2,1-2H3,(H,18,19). The summed E-state index contributed by atoms with van der Waals surface area (Å²) >= 11 is 1.62. The van der Waals surface area contributed by atoms with E-state index in [2.05, 4.69) is 31.2 Å². The van der Waals surface area contributed by atoms with E-state index >= 15 is 0 Å². The van der Waals surface area contributed by atoms with Gasteiger partial charge in [0.2, 0.25) is 0 Å². The molecule has 0 aliphatic rings. The number of hydrogen-bond donors (Lipinski definition) is 1. The molecular formula is C17H18O3S. The monoisotopic (exact) mass is 302 g/mol. The molecule has 0 amide bonds. The van der Waals surface area contributed by atoms with E-state index in [1.165, 1.54) is 5.56 Å². The van der Waals surface area contributed by atoms with Crippen LogP contribution in [0.5, 0.6) is 5.75 Å². The molecule has 0 saturated heterocycles. The first-order valence-corrected chi connectivity index (χ1v) is 7.59. The molecule has 0 bridgehead atoms. The topological polar surface area (TPSA) is 46.5 Å². The Bertz CT molecular complexity index is 620. The quantitative estimate of drug-likeness (QED) is 0.875. The van der Waals surface area contributed by atoms with Gasteiger partial charge in [0.15, 0.2) is 0 Å². The van der Waals surface area contributed by atoms with Crippen LogP contribution in [0.15, 0.2) is 52.3 Å². The van der Waals surface area contributed by atoms with Gasteiger partial charge in [-0.05, 0) is 42.3 Å². The summed E-state index contributed by atoms with van der Waals surface area (Å²) in [6, 6.07) is 14.1. The average Bonchev–Trinajstić information content (AvgIpc) is 2.48. The van der Waals surface area contributed by atoms with Crippen LogP contribution in [0.4, 0.5) is 0 Å². The first-order valence-electron chi connectivity index (χ1n) is 6.78. The molecule has 3 nitrogen and oxygen atoms in total. The molecule has 0 aliphatic heterocycles. The van der Waals surface area contributed by atoms with Crippen LogP contribution < -0.4 is 4.74 Å². The van der Waals surface area contributed by atoms with Gasteiger partial charge >= 0.3 is 5.97 Å². The SMILES string of the molecule is CCc1ccc(Sc2ccc(OC)c(CC(=O)O)c2)cc1. The summed E-state index contributed by atoms with van der Waals surface area (Å²) in [4.78, 5) is 13.1. The van der Waals surface area contributed by atoms with E-state index in [9.17, 15) is 4.79 Å². The van der Waals surface area contributed by atoms with Gasteiger partial charge in [-0.3, -0.25) is 4.79 Å². The predicted octanol–water partition coefficient (Wildman–Crippen LogP) is 4.04. The van der Waals surface area contributed by atoms with Crippen molar-refractivity contribution in [2.24, 2.45) is 0 Å². The van der Waals surface area contributed by atoms with Crippen LogP contribution in [0, 0.1) is 0 Å². The Kier molecular flexibility index (Phi) is 5.28. The third-order valence-corrected chi connectivity index (χ3v) is 4.16. The van der Waals surface area contributed by atoms with E-state index in [0.29, 0.717) is 11.3 Å². The number of carboxylic acids is 1. The van der Waals surface area contributed by atoms with Gasteiger partial charge in [-0.1, -0.05) is 30.8 Å². The summed E-state index contributed by atoms with van der Waals surface area (Å²) in [7, 11) is 1.55. The van der Waals surface area contributed by atoms with E-state index in [0.717, 1.165) is 16.2 Å². The molecule has 0 aromatic heterocycles. The van der Waals surface area contributed by atoms with Crippen LogP contribution in [-0.2, 0) is 17.6 Å². The van der Waals surface area contributed by atoms with E-state index in [1.54, 1.807) is 18.9 Å². The number of hydrogen-bond acceptors (Lipinski definition) is 3. The zero-order valence-corrected chi connectivity index (χ0v) is 12.9. The van der Waals surface area contributed by atoms with Crippen molar-refractivity contribution in [1.29, 1.82) is 0 Å². The second-order valence-electron chi connectivity index (χ2n) is 4.64. The van der Waals surface area contributed by atoms with Gasteiger partial charge in [-0.15, -0.1) is 0 Å². The molecular weight excluding hydrogens is 284 g/mol. The highest BCUT2D eigenvalue weighted by Gasteiger charge is 2.09. The third kappa shape index (κ3) is 4.26. The maximum atomic E-state index is 10.9. The van der Waals surface area contributed by atoms with Crippen molar-refractivity contribution in [1.82, 2.24) is 0 Å². The highest BCUT2D eigenvalue weighted by Crippen LogP contribution is 2.31. The van der Waals surface area contributed by atoms with Crippen molar-refractivity contribution in [2.75, 3.05) is 7.11 Å². The van der Waals surface area contributed by atoms with E-state index in [-0.39, 0.29) is 6.42 Å². The van der Waals surface area contributed by atoms with Crippen molar-refractivity contribution in [3.63, 3.8) is 0 Å². The average molecular weight is 302 g/mol. The lowest BCUT2D eigenvalue weighted by molar-refractivity contribution is -0.136. The number of aliphatic carboxylic acids is 1. The maximum Gasteiger partial charge on any atom is 0.307 e. The lowest BCUT2D eigenvalue weighted by Crippen LogP contribution is -2.02. The largest absolute Gasteiger partial charge is 0.496 e. The van der Waals surface area contributed by atoms with E-state index < -0.39 is 5.97 Å². The molecule has 0 heterocycles. The number of methoxy groups -OCH3 is 1. The van der Waals surface area contributed by atoms with Crippen molar-refractivity contribution in [3.05, 3.63) is 53.6 Å². The first-order chi connectivity index (χ1) is 10.1. The van der Waals surface area contributed by atoms with Gasteiger partial charge in [0.1, 0.15) is 5.75 Å². The highest BCUT2D eigenvalue weighted by molar-refractivity contribution is 7.99. The van der Waals surface area contributed by atoms with Gasteiger partial charge in [-0.25, -0.2) is 0 Å². The van der Waals surface area contributed by atoms with E-state index in [1.807, 2.05) is 18.2 Å². The first kappa shape index (κ1) is 15.4. The van der Waals surface area contributed by atoms with Crippen molar-refractivity contribution in [2.45, 2.75) is 29.6 Å². The van der Waals surface area contributed by atoms with Gasteiger partial charge in [-0.2, -0.15) is 0 Å². The van der Waals surface area contributed by atoms with Gasteiger partial charge in [0.05, 0.1) is 13.5 Å². The van der Waals surface area contributed by atoms with Gasteiger partial charge < -0.3 is 9.84 Å².